The van der Waals surface area contributed by atoms with Crippen molar-refractivity contribution in [3.63, 3.8) is 0 Å². The molecule has 2 unspecified atom stereocenters. The van der Waals surface area contributed by atoms with Gasteiger partial charge in [0.2, 0.25) is 0 Å². The van der Waals surface area contributed by atoms with Crippen LogP contribution in [-0.4, -0.2) is 37.7 Å². The lowest BCUT2D eigenvalue weighted by Gasteiger charge is -2.25. The molecule has 0 radical (unpaired) electrons. The Balaban J connectivity index is 0.00000156. The SMILES string of the molecule is I.OC1CC(c2ccc(F)cc2)N(c2ncnc3nc[nH]c23)C1. The van der Waals surface area contributed by atoms with E-state index in [9.17, 15) is 9.50 Å². The lowest BCUT2D eigenvalue weighted by atomic mass is 10.0. The number of aromatic nitrogens is 4. The quantitative estimate of drug-likeness (QED) is 0.615. The third-order valence-corrected chi connectivity index (χ3v) is 4.01. The number of anilines is 1. The zero-order chi connectivity index (χ0) is 15.1. The first-order chi connectivity index (χ1) is 10.7. The van der Waals surface area contributed by atoms with E-state index in [1.54, 1.807) is 18.5 Å². The molecule has 4 rings (SSSR count). The van der Waals surface area contributed by atoms with E-state index < -0.39 is 6.10 Å². The van der Waals surface area contributed by atoms with E-state index in [4.69, 9.17) is 0 Å². The number of nitrogens with zero attached hydrogens (tertiary/aromatic N) is 4. The van der Waals surface area contributed by atoms with Gasteiger partial charge in [-0.2, -0.15) is 0 Å². The van der Waals surface area contributed by atoms with Crippen molar-refractivity contribution >= 4 is 41.0 Å². The molecule has 6 nitrogen and oxygen atoms in total. The monoisotopic (exact) mass is 427 g/mol. The summed E-state index contributed by atoms with van der Waals surface area (Å²) in [5, 5.41) is 10.1. The van der Waals surface area contributed by atoms with Crippen molar-refractivity contribution in [2.24, 2.45) is 0 Å². The molecule has 8 heteroatoms. The fourth-order valence-corrected chi connectivity index (χ4v) is 3.02. The molecule has 0 aliphatic carbocycles. The number of halogens is 2. The summed E-state index contributed by atoms with van der Waals surface area (Å²) in [6, 6.07) is 6.30. The minimum atomic E-state index is -0.456. The minimum absolute atomic E-state index is 0. The predicted octanol–water partition coefficient (Wildman–Crippen LogP) is 2.42. The Morgan fingerprint density at radius 3 is 2.74 bits per heavy atom. The van der Waals surface area contributed by atoms with Gasteiger partial charge in [-0.05, 0) is 24.1 Å². The average Bonchev–Trinajstić information content (AvgIpc) is 3.14. The second kappa shape index (κ2) is 6.36. The van der Waals surface area contributed by atoms with Crippen molar-refractivity contribution in [1.29, 1.82) is 0 Å². The number of β-amino-alcohol motifs (C(OH)–C–C–N with tert-alkyl or cyclic N) is 1. The molecule has 120 valence electrons. The lowest BCUT2D eigenvalue weighted by Crippen LogP contribution is -2.25. The molecule has 23 heavy (non-hydrogen) atoms. The largest absolute Gasteiger partial charge is 0.391 e. The van der Waals surface area contributed by atoms with Crippen molar-refractivity contribution in [1.82, 2.24) is 19.9 Å². The number of imidazole rings is 1. The highest BCUT2D eigenvalue weighted by atomic mass is 127. The molecule has 1 aliphatic rings. The van der Waals surface area contributed by atoms with Crippen LogP contribution in [0.25, 0.3) is 11.2 Å². The summed E-state index contributed by atoms with van der Waals surface area (Å²) in [7, 11) is 0. The van der Waals surface area contributed by atoms with Crippen LogP contribution in [0.5, 0.6) is 0 Å². The van der Waals surface area contributed by atoms with Crippen LogP contribution in [0.1, 0.15) is 18.0 Å². The normalized spacial score (nSPS) is 20.7. The molecule has 0 bridgehead atoms. The molecular formula is C15H15FIN5O. The highest BCUT2D eigenvalue weighted by Gasteiger charge is 2.34. The van der Waals surface area contributed by atoms with Crippen molar-refractivity contribution in [3.05, 3.63) is 48.3 Å². The summed E-state index contributed by atoms with van der Waals surface area (Å²) in [5.41, 5.74) is 2.28. The Bertz CT molecular complexity index is 809. The van der Waals surface area contributed by atoms with Crippen LogP contribution >= 0.6 is 24.0 Å². The zero-order valence-corrected chi connectivity index (χ0v) is 14.4. The second-order valence-corrected chi connectivity index (χ2v) is 5.41. The Labute approximate surface area is 148 Å². The van der Waals surface area contributed by atoms with Crippen LogP contribution in [0.3, 0.4) is 0 Å². The summed E-state index contributed by atoms with van der Waals surface area (Å²) in [6.45, 7) is 0.465. The summed E-state index contributed by atoms with van der Waals surface area (Å²) < 4.78 is 13.1. The molecule has 1 aromatic carbocycles. The van der Waals surface area contributed by atoms with Gasteiger partial charge >= 0.3 is 0 Å². The van der Waals surface area contributed by atoms with Crippen molar-refractivity contribution in [3.8, 4) is 0 Å². The Morgan fingerprint density at radius 2 is 1.96 bits per heavy atom. The van der Waals surface area contributed by atoms with Crippen LogP contribution in [0.2, 0.25) is 0 Å². The van der Waals surface area contributed by atoms with Gasteiger partial charge in [0, 0.05) is 6.54 Å². The smallest absolute Gasteiger partial charge is 0.182 e. The molecule has 2 atom stereocenters. The summed E-state index contributed by atoms with van der Waals surface area (Å²) in [5.74, 6) is 0.431. The van der Waals surface area contributed by atoms with Crippen LogP contribution in [0.15, 0.2) is 36.9 Å². The van der Waals surface area contributed by atoms with Crippen LogP contribution in [0.4, 0.5) is 10.2 Å². The molecule has 3 aromatic rings. The lowest BCUT2D eigenvalue weighted by molar-refractivity contribution is 0.194. The van der Waals surface area contributed by atoms with Crippen molar-refractivity contribution in [2.45, 2.75) is 18.6 Å². The first-order valence-corrected chi connectivity index (χ1v) is 7.06. The molecule has 2 N–H and O–H groups in total. The van der Waals surface area contributed by atoms with E-state index in [1.807, 2.05) is 4.90 Å². The first kappa shape index (κ1) is 16.1. The van der Waals surface area contributed by atoms with E-state index >= 15 is 0 Å². The molecule has 0 saturated carbocycles. The van der Waals surface area contributed by atoms with Gasteiger partial charge in [-0.25, -0.2) is 19.3 Å². The van der Waals surface area contributed by atoms with Gasteiger partial charge in [-0.1, -0.05) is 12.1 Å². The fraction of sp³-hybridized carbons (Fsp3) is 0.267. The second-order valence-electron chi connectivity index (χ2n) is 5.41. The molecule has 1 saturated heterocycles. The number of benzene rings is 1. The number of aliphatic hydroxyl groups excluding tert-OH is 1. The molecule has 2 aromatic heterocycles. The van der Waals surface area contributed by atoms with E-state index in [0.29, 0.717) is 24.4 Å². The van der Waals surface area contributed by atoms with Crippen LogP contribution < -0.4 is 4.90 Å². The maximum atomic E-state index is 13.1. The fourth-order valence-electron chi connectivity index (χ4n) is 3.02. The van der Waals surface area contributed by atoms with Crippen LogP contribution in [0, 0.1) is 5.82 Å². The Morgan fingerprint density at radius 1 is 1.17 bits per heavy atom. The molecule has 0 amide bonds. The predicted molar refractivity (Wildman–Crippen MR) is 94.2 cm³/mol. The maximum absolute atomic E-state index is 13.1. The number of rotatable bonds is 2. The van der Waals surface area contributed by atoms with Crippen molar-refractivity contribution < 1.29 is 9.50 Å². The minimum Gasteiger partial charge on any atom is -0.391 e. The van der Waals surface area contributed by atoms with Gasteiger partial charge in [0.15, 0.2) is 11.5 Å². The molecule has 0 spiro atoms. The van der Waals surface area contributed by atoms with Crippen molar-refractivity contribution in [2.75, 3.05) is 11.4 Å². The summed E-state index contributed by atoms with van der Waals surface area (Å²) in [4.78, 5) is 17.6. The standard InChI is InChI=1S/C15H14FN5O.HI/c16-10-3-1-9(2-4-10)12-5-11(22)6-21(12)15-13-14(18-7-17-13)19-8-20-15;/h1-4,7-8,11-12,22H,5-6H2,(H,17,18,19,20);1H. The highest BCUT2D eigenvalue weighted by Crippen LogP contribution is 2.37. The molecule has 1 aliphatic heterocycles. The van der Waals surface area contributed by atoms with E-state index in [-0.39, 0.29) is 35.8 Å². The Hall–Kier alpha value is -1.81. The van der Waals surface area contributed by atoms with Gasteiger partial charge in [0.05, 0.1) is 18.5 Å². The number of aromatic amines is 1. The number of aliphatic hydroxyl groups is 1. The number of nitrogens with one attached hydrogen (secondary N) is 1. The number of H-pyrrole nitrogens is 1. The van der Waals surface area contributed by atoms with Gasteiger partial charge in [0.25, 0.3) is 0 Å². The van der Waals surface area contributed by atoms with Gasteiger partial charge in [-0.15, -0.1) is 24.0 Å². The zero-order valence-electron chi connectivity index (χ0n) is 12.1. The first-order valence-electron chi connectivity index (χ1n) is 7.06. The van der Waals surface area contributed by atoms with Crippen LogP contribution in [-0.2, 0) is 0 Å². The van der Waals surface area contributed by atoms with Gasteiger partial charge < -0.3 is 15.0 Å². The molecule has 3 heterocycles. The highest BCUT2D eigenvalue weighted by molar-refractivity contribution is 14.0. The van der Waals surface area contributed by atoms with E-state index in [2.05, 4.69) is 19.9 Å². The van der Waals surface area contributed by atoms with Gasteiger partial charge in [0.1, 0.15) is 17.7 Å². The Kier molecular flexibility index (Phi) is 4.44. The van der Waals surface area contributed by atoms with E-state index in [1.165, 1.54) is 18.5 Å². The summed E-state index contributed by atoms with van der Waals surface area (Å²) >= 11 is 0. The third kappa shape index (κ3) is 2.88. The topological polar surface area (TPSA) is 77.9 Å². The number of fused-ring (bicyclic) bond motifs is 1. The molecular weight excluding hydrogens is 412 g/mol. The maximum Gasteiger partial charge on any atom is 0.182 e. The molecule has 1 fully saturated rings. The number of hydrogen-bond acceptors (Lipinski definition) is 5. The third-order valence-electron chi connectivity index (χ3n) is 4.01. The summed E-state index contributed by atoms with van der Waals surface area (Å²) in [6.07, 6.45) is 3.15. The van der Waals surface area contributed by atoms with E-state index in [0.717, 1.165) is 11.1 Å². The number of hydrogen-bond donors (Lipinski definition) is 2. The van der Waals surface area contributed by atoms with Gasteiger partial charge in [-0.3, -0.25) is 0 Å². The average molecular weight is 427 g/mol.